The molecule has 3 amide bonds. The second-order valence-electron chi connectivity index (χ2n) is 11.4. The summed E-state index contributed by atoms with van der Waals surface area (Å²) in [5, 5.41) is 8.43. The standard InChI is InChI=1S/C34H43N3O7/c1-8-41-30-19-26(14-17-29(30)42-22(2)3)31(32(39)35-21-25-10-9-11-27(18-25)37-23(4)38)43-28-15-12-24(13-16-28)20-36-33(40)44-34(5,6)7/h9-19,22,31H,8,20-21H2,1-7H3,(H,35,39)(H,36,40)(H,37,38). The van der Waals surface area contributed by atoms with E-state index in [1.807, 2.05) is 32.9 Å². The van der Waals surface area contributed by atoms with E-state index in [0.717, 1.165) is 11.1 Å². The third-order valence-corrected chi connectivity index (χ3v) is 5.90. The zero-order valence-electron chi connectivity index (χ0n) is 26.5. The van der Waals surface area contributed by atoms with Gasteiger partial charge in [0.05, 0.1) is 12.7 Å². The van der Waals surface area contributed by atoms with Gasteiger partial charge in [-0.05, 0) is 89.1 Å². The molecule has 3 aromatic rings. The highest BCUT2D eigenvalue weighted by molar-refractivity contribution is 5.88. The van der Waals surface area contributed by atoms with Crippen LogP contribution >= 0.6 is 0 Å². The molecule has 1 atom stereocenters. The second-order valence-corrected chi connectivity index (χ2v) is 11.4. The summed E-state index contributed by atoms with van der Waals surface area (Å²) in [4.78, 5) is 37.1. The Morgan fingerprint density at radius 2 is 1.52 bits per heavy atom. The molecule has 0 heterocycles. The molecule has 10 heteroatoms. The Hall–Kier alpha value is -4.73. The highest BCUT2D eigenvalue weighted by atomic mass is 16.6. The average Bonchev–Trinajstić information content (AvgIpc) is 2.94. The normalized spacial score (nSPS) is 11.7. The van der Waals surface area contributed by atoms with E-state index in [4.69, 9.17) is 18.9 Å². The molecule has 0 radical (unpaired) electrons. The van der Waals surface area contributed by atoms with Gasteiger partial charge in [-0.2, -0.15) is 0 Å². The van der Waals surface area contributed by atoms with Crippen LogP contribution in [0.5, 0.6) is 17.2 Å². The van der Waals surface area contributed by atoms with Crippen LogP contribution in [0.4, 0.5) is 10.5 Å². The lowest BCUT2D eigenvalue weighted by Gasteiger charge is -2.22. The molecule has 3 aromatic carbocycles. The molecule has 0 bridgehead atoms. The van der Waals surface area contributed by atoms with E-state index in [9.17, 15) is 14.4 Å². The lowest BCUT2D eigenvalue weighted by atomic mass is 10.1. The quantitative estimate of drug-likeness (QED) is 0.209. The number of anilines is 1. The summed E-state index contributed by atoms with van der Waals surface area (Å²) < 4.78 is 23.3. The van der Waals surface area contributed by atoms with Gasteiger partial charge in [-0.3, -0.25) is 9.59 Å². The van der Waals surface area contributed by atoms with Gasteiger partial charge in [0, 0.05) is 31.3 Å². The van der Waals surface area contributed by atoms with Gasteiger partial charge >= 0.3 is 6.09 Å². The van der Waals surface area contributed by atoms with Crippen LogP contribution in [0.25, 0.3) is 0 Å². The van der Waals surface area contributed by atoms with Gasteiger partial charge in [0.25, 0.3) is 5.91 Å². The number of amides is 3. The first-order valence-corrected chi connectivity index (χ1v) is 14.6. The van der Waals surface area contributed by atoms with E-state index in [-0.39, 0.29) is 31.0 Å². The van der Waals surface area contributed by atoms with Crippen LogP contribution < -0.4 is 30.2 Å². The minimum Gasteiger partial charge on any atom is -0.490 e. The summed E-state index contributed by atoms with van der Waals surface area (Å²) in [5.41, 5.74) is 2.26. The average molecular weight is 606 g/mol. The van der Waals surface area contributed by atoms with Crippen molar-refractivity contribution in [3.05, 3.63) is 83.4 Å². The summed E-state index contributed by atoms with van der Waals surface area (Å²) in [6, 6.07) is 19.6. The molecule has 0 fully saturated rings. The second kappa shape index (κ2) is 15.7. The van der Waals surface area contributed by atoms with Crippen molar-refractivity contribution in [1.29, 1.82) is 0 Å². The number of hydrogen-bond acceptors (Lipinski definition) is 7. The smallest absolute Gasteiger partial charge is 0.407 e. The van der Waals surface area contributed by atoms with Crippen LogP contribution in [0.2, 0.25) is 0 Å². The van der Waals surface area contributed by atoms with E-state index >= 15 is 0 Å². The van der Waals surface area contributed by atoms with Crippen molar-refractivity contribution in [2.45, 2.75) is 79.4 Å². The van der Waals surface area contributed by atoms with E-state index < -0.39 is 17.8 Å². The summed E-state index contributed by atoms with van der Waals surface area (Å²) in [7, 11) is 0. The molecule has 0 saturated carbocycles. The van der Waals surface area contributed by atoms with Gasteiger partial charge in [-0.1, -0.05) is 30.3 Å². The Kier molecular flexibility index (Phi) is 12.0. The van der Waals surface area contributed by atoms with Gasteiger partial charge < -0.3 is 34.9 Å². The number of carbonyl (C=O) groups excluding carboxylic acids is 3. The third-order valence-electron chi connectivity index (χ3n) is 5.90. The van der Waals surface area contributed by atoms with E-state index in [0.29, 0.717) is 35.1 Å². The minimum absolute atomic E-state index is 0.0630. The maximum atomic E-state index is 13.6. The Bertz CT molecular complexity index is 1420. The first-order valence-electron chi connectivity index (χ1n) is 14.6. The van der Waals surface area contributed by atoms with Crippen molar-refractivity contribution in [2.75, 3.05) is 11.9 Å². The van der Waals surface area contributed by atoms with Gasteiger partial charge in [0.2, 0.25) is 12.0 Å². The third kappa shape index (κ3) is 11.2. The fourth-order valence-electron chi connectivity index (χ4n) is 4.13. The Morgan fingerprint density at radius 1 is 0.818 bits per heavy atom. The topological polar surface area (TPSA) is 124 Å². The van der Waals surface area contributed by atoms with Crippen molar-refractivity contribution >= 4 is 23.6 Å². The number of benzene rings is 3. The predicted molar refractivity (Wildman–Crippen MR) is 169 cm³/mol. The van der Waals surface area contributed by atoms with E-state index in [1.165, 1.54) is 6.92 Å². The molecular weight excluding hydrogens is 562 g/mol. The fraction of sp³-hybridized carbons (Fsp3) is 0.382. The maximum absolute atomic E-state index is 13.6. The van der Waals surface area contributed by atoms with Crippen LogP contribution in [0.1, 0.15) is 71.3 Å². The number of carbonyl (C=O) groups is 3. The number of alkyl carbamates (subject to hydrolysis) is 1. The van der Waals surface area contributed by atoms with Crippen LogP contribution in [-0.2, 0) is 27.4 Å². The maximum Gasteiger partial charge on any atom is 0.407 e. The predicted octanol–water partition coefficient (Wildman–Crippen LogP) is 6.29. The zero-order chi connectivity index (χ0) is 32.3. The van der Waals surface area contributed by atoms with Crippen molar-refractivity contribution < 1.29 is 33.3 Å². The molecule has 3 rings (SSSR count). The van der Waals surface area contributed by atoms with Gasteiger partial charge in [0.15, 0.2) is 11.5 Å². The largest absolute Gasteiger partial charge is 0.490 e. The lowest BCUT2D eigenvalue weighted by Crippen LogP contribution is -2.32. The van der Waals surface area contributed by atoms with Crippen LogP contribution in [0.3, 0.4) is 0 Å². The Labute approximate surface area is 259 Å². The first-order chi connectivity index (χ1) is 20.8. The SMILES string of the molecule is CCOc1cc(C(Oc2ccc(CNC(=O)OC(C)(C)C)cc2)C(=O)NCc2cccc(NC(C)=O)c2)ccc1OC(C)C. The van der Waals surface area contributed by atoms with Crippen molar-refractivity contribution in [3.63, 3.8) is 0 Å². The zero-order valence-corrected chi connectivity index (χ0v) is 26.5. The minimum atomic E-state index is -1.02. The first kappa shape index (κ1) is 33.8. The summed E-state index contributed by atoms with van der Waals surface area (Å²) >= 11 is 0. The van der Waals surface area contributed by atoms with E-state index in [2.05, 4.69) is 16.0 Å². The number of nitrogens with one attached hydrogen (secondary N) is 3. The van der Waals surface area contributed by atoms with Crippen LogP contribution in [-0.4, -0.2) is 36.2 Å². The van der Waals surface area contributed by atoms with Crippen LogP contribution in [0.15, 0.2) is 66.7 Å². The monoisotopic (exact) mass is 605 g/mol. The molecule has 0 spiro atoms. The molecule has 0 aliphatic heterocycles. The van der Waals surface area contributed by atoms with Gasteiger partial charge in [-0.15, -0.1) is 0 Å². The molecule has 236 valence electrons. The van der Waals surface area contributed by atoms with Crippen molar-refractivity contribution in [1.82, 2.24) is 10.6 Å². The molecule has 3 N–H and O–H groups in total. The molecular formula is C34H43N3O7. The Morgan fingerprint density at radius 3 is 2.16 bits per heavy atom. The molecule has 44 heavy (non-hydrogen) atoms. The van der Waals surface area contributed by atoms with Gasteiger partial charge in [-0.25, -0.2) is 4.79 Å². The van der Waals surface area contributed by atoms with E-state index in [1.54, 1.807) is 75.4 Å². The van der Waals surface area contributed by atoms with Crippen LogP contribution in [0, 0.1) is 0 Å². The lowest BCUT2D eigenvalue weighted by molar-refractivity contribution is -0.128. The molecule has 0 aromatic heterocycles. The summed E-state index contributed by atoms with van der Waals surface area (Å²) in [5.74, 6) is 0.985. The molecule has 0 aliphatic rings. The summed E-state index contributed by atoms with van der Waals surface area (Å²) in [6.45, 7) is 13.5. The summed E-state index contributed by atoms with van der Waals surface area (Å²) in [6.07, 6.45) is -1.59. The fourth-order valence-corrected chi connectivity index (χ4v) is 4.13. The number of rotatable bonds is 13. The van der Waals surface area contributed by atoms with Gasteiger partial charge in [0.1, 0.15) is 11.4 Å². The highest BCUT2D eigenvalue weighted by Gasteiger charge is 2.25. The Balaban J connectivity index is 1.82. The molecule has 0 aliphatic carbocycles. The molecule has 1 unspecified atom stereocenters. The van der Waals surface area contributed by atoms with Crippen molar-refractivity contribution in [2.24, 2.45) is 0 Å². The number of ether oxygens (including phenoxy) is 4. The number of hydrogen-bond donors (Lipinski definition) is 3. The molecule has 10 nitrogen and oxygen atoms in total. The van der Waals surface area contributed by atoms with Crippen molar-refractivity contribution in [3.8, 4) is 17.2 Å². The highest BCUT2D eigenvalue weighted by Crippen LogP contribution is 2.33. The molecule has 0 saturated heterocycles.